The van der Waals surface area contributed by atoms with Crippen LogP contribution in [0, 0.1) is 0 Å². The number of halogens is 7. The predicted octanol–water partition coefficient (Wildman–Crippen LogP) is 7.14. The molecule has 12 heteroatoms. The molecular weight excluding hydrogens is 533 g/mol. The van der Waals surface area contributed by atoms with Gasteiger partial charge in [-0.05, 0) is 60.5 Å². The lowest BCUT2D eigenvalue weighted by atomic mass is 10.1. The van der Waals surface area contributed by atoms with E-state index in [1.54, 1.807) is 0 Å². The minimum Gasteiger partial charge on any atom is -0.428 e. The van der Waals surface area contributed by atoms with Crippen LogP contribution in [-0.4, -0.2) is 24.8 Å². The summed E-state index contributed by atoms with van der Waals surface area (Å²) in [5.74, 6) is -1.63. The van der Waals surface area contributed by atoms with Gasteiger partial charge < -0.3 is 14.8 Å². The van der Waals surface area contributed by atoms with E-state index < -0.39 is 42.3 Å². The van der Waals surface area contributed by atoms with Gasteiger partial charge in [-0.15, -0.1) is 13.2 Å². The largest absolute Gasteiger partial charge is 0.573 e. The Bertz CT molecular complexity index is 1330. The number of ether oxygens (including phenoxy) is 2. The molecule has 0 saturated carbocycles. The third-order valence-corrected chi connectivity index (χ3v) is 5.78. The van der Waals surface area contributed by atoms with Gasteiger partial charge in [0.2, 0.25) is 0 Å². The summed E-state index contributed by atoms with van der Waals surface area (Å²) in [4.78, 5) is 14.7. The molecule has 1 heterocycles. The lowest BCUT2D eigenvalue weighted by Gasteiger charge is -2.26. The maximum atomic E-state index is 13.5. The summed E-state index contributed by atoms with van der Waals surface area (Å²) in [5.41, 5.74) is 1.39. The Morgan fingerprint density at radius 2 is 1.51 bits per heavy atom. The number of nitrogens with one attached hydrogen (secondary N) is 1. The van der Waals surface area contributed by atoms with Gasteiger partial charge in [-0.2, -0.15) is 17.6 Å². The van der Waals surface area contributed by atoms with Gasteiger partial charge >= 0.3 is 18.9 Å². The molecule has 1 unspecified atom stereocenters. The normalized spacial score (nSPS) is 16.7. The Hall–Kier alpha value is -4.22. The van der Waals surface area contributed by atoms with E-state index in [1.807, 2.05) is 37.3 Å². The Balaban J connectivity index is 1.68. The van der Waals surface area contributed by atoms with Crippen LogP contribution in [0.3, 0.4) is 0 Å². The van der Waals surface area contributed by atoms with Gasteiger partial charge in [-0.3, -0.25) is 9.69 Å². The van der Waals surface area contributed by atoms with Crippen LogP contribution in [0.2, 0.25) is 0 Å². The third-order valence-electron chi connectivity index (χ3n) is 5.78. The summed E-state index contributed by atoms with van der Waals surface area (Å²) < 4.78 is 98.2. The second-order valence-corrected chi connectivity index (χ2v) is 8.56. The number of carbonyl (C=O) groups excluding carboxylic acids is 1. The first kappa shape index (κ1) is 27.8. The number of hydrogen-bond donors (Lipinski definition) is 1. The van der Waals surface area contributed by atoms with E-state index in [0.717, 1.165) is 29.8 Å². The predicted molar refractivity (Wildman–Crippen MR) is 127 cm³/mol. The van der Waals surface area contributed by atoms with Crippen LogP contribution in [-0.2, 0) is 4.79 Å². The highest BCUT2D eigenvalue weighted by atomic mass is 19.4. The monoisotopic (exact) mass is 554 g/mol. The average Bonchev–Trinajstić information content (AvgIpc) is 3.19. The Morgan fingerprint density at radius 3 is 2.13 bits per heavy atom. The molecule has 0 aliphatic carbocycles. The molecule has 0 fully saturated rings. The van der Waals surface area contributed by atoms with Crippen molar-refractivity contribution in [3.8, 4) is 11.5 Å². The van der Waals surface area contributed by atoms with Crippen LogP contribution in [0.1, 0.15) is 30.1 Å². The van der Waals surface area contributed by atoms with E-state index in [-0.39, 0.29) is 23.0 Å². The molecule has 0 spiro atoms. The molecule has 4 rings (SSSR count). The first-order valence-corrected chi connectivity index (χ1v) is 11.5. The van der Waals surface area contributed by atoms with E-state index in [4.69, 9.17) is 0 Å². The van der Waals surface area contributed by atoms with Gasteiger partial charge in [0, 0.05) is 11.7 Å². The van der Waals surface area contributed by atoms with Gasteiger partial charge in [-0.1, -0.05) is 42.5 Å². The lowest BCUT2D eigenvalue weighted by Crippen LogP contribution is -2.34. The summed E-state index contributed by atoms with van der Waals surface area (Å²) >= 11 is 0. The Kier molecular flexibility index (Phi) is 7.75. The number of carbonyl (C=O) groups is 1. The van der Waals surface area contributed by atoms with E-state index >= 15 is 0 Å². The van der Waals surface area contributed by atoms with Crippen LogP contribution in [0.25, 0.3) is 0 Å². The molecule has 1 amide bonds. The highest BCUT2D eigenvalue weighted by molar-refractivity contribution is 6.09. The summed E-state index contributed by atoms with van der Waals surface area (Å²) in [5, 5.41) is 3.10. The van der Waals surface area contributed by atoms with Gasteiger partial charge in [0.15, 0.2) is 0 Å². The van der Waals surface area contributed by atoms with Crippen molar-refractivity contribution < 1.29 is 45.0 Å². The quantitative estimate of drug-likeness (QED) is 0.286. The maximum Gasteiger partial charge on any atom is 0.573 e. The van der Waals surface area contributed by atoms with Crippen molar-refractivity contribution in [2.24, 2.45) is 0 Å². The molecule has 1 aliphatic rings. The van der Waals surface area contributed by atoms with Crippen LogP contribution in [0.4, 0.5) is 36.4 Å². The van der Waals surface area contributed by atoms with Crippen molar-refractivity contribution in [3.63, 3.8) is 0 Å². The number of nitrogens with zero attached hydrogens (tertiary/aromatic N) is 1. The van der Waals surface area contributed by atoms with Crippen molar-refractivity contribution in [2.75, 3.05) is 4.90 Å². The number of rotatable bonds is 9. The van der Waals surface area contributed by atoms with E-state index in [1.165, 1.54) is 35.2 Å². The fourth-order valence-corrected chi connectivity index (χ4v) is 4.02. The average molecular weight is 554 g/mol. The van der Waals surface area contributed by atoms with Gasteiger partial charge in [0.05, 0.1) is 11.7 Å². The molecule has 0 aromatic heterocycles. The molecule has 1 aliphatic heterocycles. The van der Waals surface area contributed by atoms with E-state index in [2.05, 4.69) is 14.8 Å². The number of alkyl halides is 7. The fraction of sp³-hybridized carbons (Fsp3) is 0.222. The minimum atomic E-state index is -4.92. The minimum absolute atomic E-state index is 0.135. The molecule has 0 bridgehead atoms. The third kappa shape index (κ3) is 6.62. The summed E-state index contributed by atoms with van der Waals surface area (Å²) in [6.45, 7) is 1.81. The standard InChI is InChI=1S/C27H21F7N2O3/c1-16(17-6-3-2-4-7-17)35-22-15-23(18-8-5-9-21(14-18)38-26(30,31)25(28)29)36(24(22)37)19-10-12-20(13-11-19)39-27(32,33)34/h2-16,23,25,35H,1H3/t16-,23?/m1/s1. The maximum absolute atomic E-state index is 13.5. The molecule has 206 valence electrons. The zero-order chi connectivity index (χ0) is 28.4. The first-order chi connectivity index (χ1) is 18.3. The molecule has 2 atom stereocenters. The Labute approximate surface area is 218 Å². The van der Waals surface area contributed by atoms with Crippen LogP contribution in [0.15, 0.2) is 90.6 Å². The van der Waals surface area contributed by atoms with Crippen molar-refractivity contribution in [1.29, 1.82) is 0 Å². The lowest BCUT2D eigenvalue weighted by molar-refractivity contribution is -0.274. The van der Waals surface area contributed by atoms with Gasteiger partial charge in [-0.25, -0.2) is 0 Å². The highest BCUT2D eigenvalue weighted by Crippen LogP contribution is 2.38. The van der Waals surface area contributed by atoms with Crippen LogP contribution < -0.4 is 19.7 Å². The topological polar surface area (TPSA) is 50.8 Å². The number of anilines is 1. The zero-order valence-corrected chi connectivity index (χ0v) is 20.1. The van der Waals surface area contributed by atoms with Gasteiger partial charge in [0.1, 0.15) is 11.5 Å². The zero-order valence-electron chi connectivity index (χ0n) is 20.1. The van der Waals surface area contributed by atoms with Crippen molar-refractivity contribution in [1.82, 2.24) is 5.32 Å². The van der Waals surface area contributed by atoms with Crippen molar-refractivity contribution >= 4 is 11.6 Å². The smallest absolute Gasteiger partial charge is 0.428 e. The number of amides is 1. The summed E-state index contributed by atoms with van der Waals surface area (Å²) in [6.07, 6.45) is -12.2. The second-order valence-electron chi connectivity index (χ2n) is 8.56. The number of benzene rings is 3. The fourth-order valence-electron chi connectivity index (χ4n) is 4.02. The molecular formula is C27H21F7N2O3. The summed E-state index contributed by atoms with van der Waals surface area (Å²) in [6, 6.07) is 17.3. The molecule has 5 nitrogen and oxygen atoms in total. The van der Waals surface area contributed by atoms with E-state index in [0.29, 0.717) is 0 Å². The molecule has 3 aromatic rings. The highest BCUT2D eigenvalue weighted by Gasteiger charge is 2.44. The van der Waals surface area contributed by atoms with Crippen molar-refractivity contribution in [2.45, 2.75) is 37.9 Å². The SMILES string of the molecule is C[C@@H](NC1=CC(c2cccc(OC(F)(F)C(F)F)c2)N(c2ccc(OC(F)(F)F)cc2)C1=O)c1ccccc1. The van der Waals surface area contributed by atoms with E-state index in [9.17, 15) is 35.5 Å². The van der Waals surface area contributed by atoms with Crippen LogP contribution in [0.5, 0.6) is 11.5 Å². The number of hydrogen-bond acceptors (Lipinski definition) is 4. The molecule has 3 aromatic carbocycles. The molecule has 0 saturated heterocycles. The summed E-state index contributed by atoms with van der Waals surface area (Å²) in [7, 11) is 0. The first-order valence-electron chi connectivity index (χ1n) is 11.5. The molecule has 0 radical (unpaired) electrons. The van der Waals surface area contributed by atoms with Crippen molar-refractivity contribution in [3.05, 3.63) is 102 Å². The molecule has 1 N–H and O–H groups in total. The molecule has 39 heavy (non-hydrogen) atoms. The van der Waals surface area contributed by atoms with Crippen LogP contribution >= 0.6 is 0 Å². The van der Waals surface area contributed by atoms with Gasteiger partial charge in [0.25, 0.3) is 5.91 Å². The Morgan fingerprint density at radius 1 is 0.846 bits per heavy atom. The second kappa shape index (κ2) is 10.9.